The van der Waals surface area contributed by atoms with E-state index in [0.717, 1.165) is 18.5 Å². The van der Waals surface area contributed by atoms with Crippen molar-refractivity contribution < 1.29 is 0 Å². The summed E-state index contributed by atoms with van der Waals surface area (Å²) in [5, 5.41) is 0. The summed E-state index contributed by atoms with van der Waals surface area (Å²) < 4.78 is 0. The molecule has 0 amide bonds. The number of pyridine rings is 1. The van der Waals surface area contributed by atoms with E-state index in [4.69, 9.17) is 5.84 Å². The zero-order chi connectivity index (χ0) is 8.81. The lowest BCUT2D eigenvalue weighted by Gasteiger charge is -2.08. The number of hydrogen-bond acceptors (Lipinski definition) is 3. The number of hydrazine groups is 1. The van der Waals surface area contributed by atoms with E-state index in [-0.39, 0.29) is 0 Å². The third-order valence-corrected chi connectivity index (χ3v) is 1.84. The molecule has 0 bridgehead atoms. The number of nitrogens with two attached hydrogens (primary N) is 1. The number of nitrogens with one attached hydrogen (secondary N) is 1. The summed E-state index contributed by atoms with van der Waals surface area (Å²) in [5.41, 5.74) is 3.83. The normalized spacial score (nSPS) is 12.8. The lowest BCUT2D eigenvalue weighted by atomic mass is 10.1. The van der Waals surface area contributed by atoms with Crippen molar-refractivity contribution in [2.75, 3.05) is 0 Å². The van der Waals surface area contributed by atoms with Crippen LogP contribution in [0.2, 0.25) is 0 Å². The third kappa shape index (κ3) is 2.98. The van der Waals surface area contributed by atoms with Gasteiger partial charge in [-0.05, 0) is 31.9 Å². The summed E-state index contributed by atoms with van der Waals surface area (Å²) in [6, 6.07) is 6.31. The van der Waals surface area contributed by atoms with Crippen LogP contribution in [-0.2, 0) is 6.42 Å². The van der Waals surface area contributed by atoms with Crippen LogP contribution < -0.4 is 11.3 Å². The van der Waals surface area contributed by atoms with Gasteiger partial charge in [0, 0.05) is 17.9 Å². The zero-order valence-corrected chi connectivity index (χ0v) is 7.33. The molecule has 3 N–H and O–H groups in total. The molecule has 1 aromatic rings. The largest absolute Gasteiger partial charge is 0.271 e. The van der Waals surface area contributed by atoms with Crippen LogP contribution in [0.4, 0.5) is 0 Å². The standard InChI is InChI=1S/C9H15N3/c1-8(12-10)5-6-9-4-2-3-7-11-9/h2-4,7-8,12H,5-6,10H2,1H3. The summed E-state index contributed by atoms with van der Waals surface area (Å²) in [7, 11) is 0. The Kier molecular flexibility index (Phi) is 3.70. The first-order valence-corrected chi connectivity index (χ1v) is 4.19. The molecule has 1 unspecified atom stereocenters. The maximum atomic E-state index is 5.27. The first-order valence-electron chi connectivity index (χ1n) is 4.19. The van der Waals surface area contributed by atoms with E-state index in [1.165, 1.54) is 0 Å². The van der Waals surface area contributed by atoms with E-state index in [9.17, 15) is 0 Å². The van der Waals surface area contributed by atoms with Crippen molar-refractivity contribution in [3.05, 3.63) is 30.1 Å². The summed E-state index contributed by atoms with van der Waals surface area (Å²) in [5.74, 6) is 5.27. The monoisotopic (exact) mass is 165 g/mol. The molecule has 12 heavy (non-hydrogen) atoms. The second kappa shape index (κ2) is 4.85. The van der Waals surface area contributed by atoms with Crippen LogP contribution in [-0.4, -0.2) is 11.0 Å². The second-order valence-corrected chi connectivity index (χ2v) is 2.93. The average molecular weight is 165 g/mol. The Bertz CT molecular complexity index is 210. The highest BCUT2D eigenvalue weighted by Crippen LogP contribution is 2.00. The maximum absolute atomic E-state index is 5.27. The number of hydrogen-bond donors (Lipinski definition) is 2. The fourth-order valence-electron chi connectivity index (χ4n) is 0.994. The molecule has 1 atom stereocenters. The Morgan fingerprint density at radius 2 is 2.42 bits per heavy atom. The lowest BCUT2D eigenvalue weighted by molar-refractivity contribution is 0.529. The first-order chi connectivity index (χ1) is 5.83. The van der Waals surface area contributed by atoms with Crippen LogP contribution in [0.15, 0.2) is 24.4 Å². The van der Waals surface area contributed by atoms with Gasteiger partial charge in [0.1, 0.15) is 0 Å². The van der Waals surface area contributed by atoms with Gasteiger partial charge in [0.05, 0.1) is 0 Å². The minimum atomic E-state index is 0.354. The van der Waals surface area contributed by atoms with Gasteiger partial charge in [0.15, 0.2) is 0 Å². The van der Waals surface area contributed by atoms with Gasteiger partial charge in [-0.1, -0.05) is 6.07 Å². The molecule has 0 aliphatic carbocycles. The molecule has 1 rings (SSSR count). The first kappa shape index (κ1) is 9.16. The van der Waals surface area contributed by atoms with E-state index in [1.54, 1.807) is 0 Å². The van der Waals surface area contributed by atoms with E-state index >= 15 is 0 Å². The van der Waals surface area contributed by atoms with E-state index in [2.05, 4.69) is 17.3 Å². The van der Waals surface area contributed by atoms with Crippen LogP contribution in [0.5, 0.6) is 0 Å². The molecule has 66 valence electrons. The summed E-state index contributed by atoms with van der Waals surface area (Å²) >= 11 is 0. The highest BCUT2D eigenvalue weighted by molar-refractivity contribution is 5.03. The molecule has 0 radical (unpaired) electrons. The van der Waals surface area contributed by atoms with Gasteiger partial charge in [0.25, 0.3) is 0 Å². The predicted octanol–water partition coefficient (Wildman–Crippen LogP) is 0.866. The van der Waals surface area contributed by atoms with Crippen molar-refractivity contribution >= 4 is 0 Å². The minimum absolute atomic E-state index is 0.354. The molecule has 1 aromatic heterocycles. The second-order valence-electron chi connectivity index (χ2n) is 2.93. The summed E-state index contributed by atoms with van der Waals surface area (Å²) in [4.78, 5) is 4.22. The molecule has 0 aliphatic rings. The molecule has 0 saturated carbocycles. The highest BCUT2D eigenvalue weighted by Gasteiger charge is 1.99. The molecule has 1 heterocycles. The Morgan fingerprint density at radius 1 is 1.58 bits per heavy atom. The van der Waals surface area contributed by atoms with Crippen LogP contribution >= 0.6 is 0 Å². The van der Waals surface area contributed by atoms with Crippen LogP contribution in [0.25, 0.3) is 0 Å². The van der Waals surface area contributed by atoms with E-state index < -0.39 is 0 Å². The molecule has 3 heteroatoms. The number of aromatic nitrogens is 1. The number of aryl methyl sites for hydroxylation is 1. The fourth-order valence-corrected chi connectivity index (χ4v) is 0.994. The molecular weight excluding hydrogens is 150 g/mol. The molecule has 3 nitrogen and oxygen atoms in total. The van der Waals surface area contributed by atoms with Crippen molar-refractivity contribution in [3.8, 4) is 0 Å². The maximum Gasteiger partial charge on any atom is 0.0404 e. The Morgan fingerprint density at radius 3 is 3.00 bits per heavy atom. The van der Waals surface area contributed by atoms with Crippen molar-refractivity contribution in [3.63, 3.8) is 0 Å². The molecule has 0 aliphatic heterocycles. The third-order valence-electron chi connectivity index (χ3n) is 1.84. The van der Waals surface area contributed by atoms with Crippen molar-refractivity contribution in [1.82, 2.24) is 10.4 Å². The van der Waals surface area contributed by atoms with Crippen molar-refractivity contribution in [1.29, 1.82) is 0 Å². The SMILES string of the molecule is CC(CCc1ccccn1)NN. The van der Waals surface area contributed by atoms with Gasteiger partial charge in [-0.3, -0.25) is 16.3 Å². The summed E-state index contributed by atoms with van der Waals surface area (Å²) in [6.07, 6.45) is 3.82. The summed E-state index contributed by atoms with van der Waals surface area (Å²) in [6.45, 7) is 2.06. The fraction of sp³-hybridized carbons (Fsp3) is 0.444. The molecule has 0 spiro atoms. The van der Waals surface area contributed by atoms with Gasteiger partial charge < -0.3 is 0 Å². The van der Waals surface area contributed by atoms with Crippen molar-refractivity contribution in [2.24, 2.45) is 5.84 Å². The topological polar surface area (TPSA) is 50.9 Å². The van der Waals surface area contributed by atoms with E-state index in [0.29, 0.717) is 6.04 Å². The highest BCUT2D eigenvalue weighted by atomic mass is 15.2. The number of rotatable bonds is 4. The van der Waals surface area contributed by atoms with Crippen LogP contribution in [0.3, 0.4) is 0 Å². The Hall–Kier alpha value is -0.930. The molecule has 0 saturated heterocycles. The zero-order valence-electron chi connectivity index (χ0n) is 7.33. The van der Waals surface area contributed by atoms with Gasteiger partial charge in [-0.2, -0.15) is 0 Å². The van der Waals surface area contributed by atoms with Gasteiger partial charge in [-0.25, -0.2) is 0 Å². The molecule has 0 fully saturated rings. The van der Waals surface area contributed by atoms with Crippen LogP contribution in [0.1, 0.15) is 19.0 Å². The van der Waals surface area contributed by atoms with Crippen LogP contribution in [0, 0.1) is 0 Å². The Balaban J connectivity index is 2.33. The average Bonchev–Trinajstić information content (AvgIpc) is 2.16. The molecular formula is C9H15N3. The quantitative estimate of drug-likeness (QED) is 0.514. The van der Waals surface area contributed by atoms with Gasteiger partial charge in [0.2, 0.25) is 0 Å². The lowest BCUT2D eigenvalue weighted by Crippen LogP contribution is -2.32. The smallest absolute Gasteiger partial charge is 0.0404 e. The predicted molar refractivity (Wildman–Crippen MR) is 49.3 cm³/mol. The Labute approximate surface area is 73.0 Å². The number of nitrogens with zero attached hydrogens (tertiary/aromatic N) is 1. The van der Waals surface area contributed by atoms with Crippen molar-refractivity contribution in [2.45, 2.75) is 25.8 Å². The minimum Gasteiger partial charge on any atom is -0.271 e. The van der Waals surface area contributed by atoms with E-state index in [1.807, 2.05) is 24.4 Å². The molecule has 0 aromatic carbocycles. The van der Waals surface area contributed by atoms with Gasteiger partial charge >= 0.3 is 0 Å². The van der Waals surface area contributed by atoms with Gasteiger partial charge in [-0.15, -0.1) is 0 Å².